The lowest BCUT2D eigenvalue weighted by Gasteiger charge is -2.40. The van der Waals surface area contributed by atoms with Gasteiger partial charge in [0.1, 0.15) is 17.5 Å². The second-order valence-corrected chi connectivity index (χ2v) is 13.4. The molecule has 2 heterocycles. The summed E-state index contributed by atoms with van der Waals surface area (Å²) < 4.78 is 74.4. The number of anilines is 1. The lowest BCUT2D eigenvalue weighted by atomic mass is 9.76. The minimum absolute atomic E-state index is 0.172. The van der Waals surface area contributed by atoms with E-state index in [0.29, 0.717) is 45.2 Å². The molecule has 46 heavy (non-hydrogen) atoms. The van der Waals surface area contributed by atoms with Crippen molar-refractivity contribution in [1.29, 1.82) is 5.41 Å². The van der Waals surface area contributed by atoms with Crippen LogP contribution in [0.2, 0.25) is 5.02 Å². The molecular weight excluding hydrogens is 625 g/mol. The zero-order chi connectivity index (χ0) is 34.3. The van der Waals surface area contributed by atoms with E-state index in [-0.39, 0.29) is 27.1 Å². The van der Waals surface area contributed by atoms with Gasteiger partial charge < -0.3 is 31.2 Å². The molecule has 1 aliphatic heterocycles. The molecule has 0 radical (unpaired) electrons. The maximum atomic E-state index is 14.6. The summed E-state index contributed by atoms with van der Waals surface area (Å²) in [6.45, 7) is 14.4. The predicted molar refractivity (Wildman–Crippen MR) is 171 cm³/mol. The highest BCUT2D eigenvalue weighted by molar-refractivity contribution is 6.31. The van der Waals surface area contributed by atoms with Crippen molar-refractivity contribution in [1.82, 2.24) is 14.5 Å². The molecule has 0 spiro atoms. The van der Waals surface area contributed by atoms with Gasteiger partial charge in [-0.15, -0.1) is 0 Å². The zero-order valence-corrected chi connectivity index (χ0v) is 26.9. The van der Waals surface area contributed by atoms with Crippen LogP contribution in [0.1, 0.15) is 62.9 Å². The van der Waals surface area contributed by atoms with Crippen molar-refractivity contribution in [2.75, 3.05) is 5.32 Å². The molecule has 1 unspecified atom stereocenters. The molecule has 0 saturated heterocycles. The van der Waals surface area contributed by atoms with Crippen LogP contribution < -0.4 is 38.2 Å². The number of imidazole rings is 1. The molecule has 244 valence electrons. The first-order chi connectivity index (χ1) is 21.2. The van der Waals surface area contributed by atoms with Crippen molar-refractivity contribution in [3.05, 3.63) is 97.9 Å². The Balaban J connectivity index is 1.94. The molecule has 3 aromatic carbocycles. The van der Waals surface area contributed by atoms with Crippen LogP contribution in [0.5, 0.6) is 0 Å². The number of nitrogens with zero attached hydrogens (tertiary/aromatic N) is 2. The topological polar surface area (TPSA) is 110 Å². The number of hydrogen-bond donors (Lipinski definition) is 5. The van der Waals surface area contributed by atoms with E-state index in [9.17, 15) is 22.0 Å². The van der Waals surface area contributed by atoms with E-state index in [1.165, 1.54) is 18.2 Å². The Labute approximate surface area is 267 Å². The molecule has 0 saturated carbocycles. The molecule has 0 bridgehead atoms. The van der Waals surface area contributed by atoms with E-state index in [1.54, 1.807) is 17.7 Å². The molecule has 5 rings (SSSR count). The Morgan fingerprint density at radius 3 is 2.30 bits per heavy atom. The van der Waals surface area contributed by atoms with Crippen molar-refractivity contribution in [2.45, 2.75) is 52.4 Å². The Bertz CT molecular complexity index is 2120. The number of aromatic nitrogens is 2. The minimum atomic E-state index is -4.91. The summed E-state index contributed by atoms with van der Waals surface area (Å²) in [6.07, 6.45) is -4.19. The quantitative estimate of drug-likeness (QED) is 0.182. The van der Waals surface area contributed by atoms with Gasteiger partial charge in [-0.1, -0.05) is 39.0 Å². The highest BCUT2D eigenvalue weighted by Crippen LogP contribution is 2.47. The standard InChI is InChI=1S/C33H35ClF5N7/c1-15-25-26(27(43-15)19-10-16(35)8-9-22(19)34)23(13-24-28(25)45(7)30(42)46(24)32(5,6)31(2,3)4)44-29(41)18-11-17(36)12-21(20(18)14-40)33(37,38)39/h8-14,27,42-44H,1,40-41H2,2-7H3/b20-14+,29-18+,42-30?. The zero-order valence-electron chi connectivity index (χ0n) is 26.1. The molecule has 1 aliphatic rings. The summed E-state index contributed by atoms with van der Waals surface area (Å²) in [6, 6.07) is 6.07. The maximum Gasteiger partial charge on any atom is 0.417 e. The average molecular weight is 660 g/mol. The van der Waals surface area contributed by atoms with Gasteiger partial charge in [0, 0.05) is 62.3 Å². The van der Waals surface area contributed by atoms with Crippen molar-refractivity contribution < 1.29 is 22.0 Å². The van der Waals surface area contributed by atoms with Crippen LogP contribution in [0.3, 0.4) is 0 Å². The first kappa shape index (κ1) is 32.9. The summed E-state index contributed by atoms with van der Waals surface area (Å²) in [5, 5.41) is 14.9. The number of nitrogens with one attached hydrogen (secondary N) is 3. The van der Waals surface area contributed by atoms with Gasteiger partial charge in [0.05, 0.1) is 22.6 Å². The van der Waals surface area contributed by atoms with Crippen LogP contribution in [0.4, 0.5) is 27.6 Å². The Kier molecular flexibility index (Phi) is 7.75. The highest BCUT2D eigenvalue weighted by Gasteiger charge is 2.40. The lowest BCUT2D eigenvalue weighted by molar-refractivity contribution is -0.138. The maximum absolute atomic E-state index is 14.6. The first-order valence-corrected chi connectivity index (χ1v) is 14.7. The molecule has 1 aromatic heterocycles. The van der Waals surface area contributed by atoms with E-state index in [4.69, 9.17) is 28.5 Å². The summed E-state index contributed by atoms with van der Waals surface area (Å²) >= 11 is 6.56. The van der Waals surface area contributed by atoms with Crippen LogP contribution >= 0.6 is 11.6 Å². The number of fused-ring (bicyclic) bond motifs is 3. The number of nitrogens with two attached hydrogens (primary N) is 2. The van der Waals surface area contributed by atoms with E-state index >= 15 is 0 Å². The fraction of sp³-hybridized carbons (Fsp3) is 0.303. The molecule has 0 aliphatic carbocycles. The smallest absolute Gasteiger partial charge is 0.404 e. The van der Waals surface area contributed by atoms with Gasteiger partial charge in [0.2, 0.25) is 5.62 Å². The SMILES string of the molecule is C=C1NC(c2cc(F)ccc2Cl)c2c(N/C(N)=c3\cc(F)cc(C(F)(F)F)\c3=C\N)cc3c(c21)n(C)c(=N)n3C(C)(C)C(C)(C)C. The molecule has 1 atom stereocenters. The molecule has 0 fully saturated rings. The number of hydrogen-bond acceptors (Lipinski definition) is 5. The summed E-state index contributed by atoms with van der Waals surface area (Å²) in [7, 11) is 1.75. The fourth-order valence-electron chi connectivity index (χ4n) is 5.92. The van der Waals surface area contributed by atoms with Crippen LogP contribution in [0.15, 0.2) is 43.0 Å². The number of rotatable bonds is 4. The number of alkyl halides is 3. The Hall–Kier alpha value is -4.45. The van der Waals surface area contributed by atoms with Gasteiger partial charge in [-0.2, -0.15) is 13.2 Å². The monoisotopic (exact) mass is 659 g/mol. The van der Waals surface area contributed by atoms with Crippen LogP contribution in [-0.2, 0) is 18.8 Å². The second kappa shape index (κ2) is 10.8. The molecule has 4 aromatic rings. The van der Waals surface area contributed by atoms with Gasteiger partial charge in [0.15, 0.2) is 0 Å². The van der Waals surface area contributed by atoms with Gasteiger partial charge in [-0.05, 0) is 55.7 Å². The molecule has 0 amide bonds. The van der Waals surface area contributed by atoms with Crippen molar-refractivity contribution in [3.8, 4) is 0 Å². The largest absolute Gasteiger partial charge is 0.417 e. The van der Waals surface area contributed by atoms with Crippen molar-refractivity contribution in [2.24, 2.45) is 23.9 Å². The van der Waals surface area contributed by atoms with E-state index < -0.39 is 40.2 Å². The predicted octanol–water partition coefficient (Wildman–Crippen LogP) is 5.69. The molecular formula is C33H35ClF5N7. The number of halogens is 6. The fourth-order valence-corrected chi connectivity index (χ4v) is 6.14. The number of benzene rings is 3. The van der Waals surface area contributed by atoms with Gasteiger partial charge in [-0.3, -0.25) is 5.41 Å². The third kappa shape index (κ3) is 5.08. The van der Waals surface area contributed by atoms with Gasteiger partial charge in [-0.25, -0.2) is 8.78 Å². The third-order valence-corrected chi connectivity index (χ3v) is 9.52. The molecule has 13 heteroatoms. The average Bonchev–Trinajstić information content (AvgIpc) is 3.41. The van der Waals surface area contributed by atoms with Crippen molar-refractivity contribution >= 4 is 46.0 Å². The van der Waals surface area contributed by atoms with Crippen molar-refractivity contribution in [3.63, 3.8) is 0 Å². The third-order valence-electron chi connectivity index (χ3n) is 9.17. The summed E-state index contributed by atoms with van der Waals surface area (Å²) in [5.74, 6) is -2.03. The van der Waals surface area contributed by atoms with E-state index in [2.05, 4.69) is 17.2 Å². The Morgan fingerprint density at radius 2 is 1.72 bits per heavy atom. The van der Waals surface area contributed by atoms with Gasteiger partial charge in [0.25, 0.3) is 0 Å². The van der Waals surface area contributed by atoms with Crippen LogP contribution in [0.25, 0.3) is 28.8 Å². The molecule has 7 N–H and O–H groups in total. The first-order valence-electron chi connectivity index (χ1n) is 14.3. The van der Waals surface area contributed by atoms with Gasteiger partial charge >= 0.3 is 6.18 Å². The molecule has 7 nitrogen and oxygen atoms in total. The summed E-state index contributed by atoms with van der Waals surface area (Å²) in [4.78, 5) is 0. The Morgan fingerprint density at radius 1 is 1.07 bits per heavy atom. The van der Waals surface area contributed by atoms with E-state index in [1.807, 2.05) is 39.2 Å². The summed E-state index contributed by atoms with van der Waals surface area (Å²) in [5.41, 5.74) is 13.4. The normalized spacial score (nSPS) is 16.6. The van der Waals surface area contributed by atoms with Crippen LogP contribution in [0, 0.1) is 22.5 Å². The minimum Gasteiger partial charge on any atom is -0.404 e. The highest BCUT2D eigenvalue weighted by atomic mass is 35.5. The lowest BCUT2D eigenvalue weighted by Crippen LogP contribution is -2.45. The second-order valence-electron chi connectivity index (χ2n) is 12.9. The van der Waals surface area contributed by atoms with E-state index in [0.717, 1.165) is 12.3 Å². The number of aryl methyl sites for hydroxylation is 1. The van der Waals surface area contributed by atoms with Crippen LogP contribution in [-0.4, -0.2) is 9.13 Å².